The van der Waals surface area contributed by atoms with Crippen molar-refractivity contribution in [3.05, 3.63) is 29.8 Å². The quantitative estimate of drug-likeness (QED) is 0.694. The number of anilines is 1. The van der Waals surface area contributed by atoms with Crippen molar-refractivity contribution in [2.24, 2.45) is 0 Å². The van der Waals surface area contributed by atoms with Crippen molar-refractivity contribution in [2.75, 3.05) is 11.9 Å². The van der Waals surface area contributed by atoms with E-state index in [0.717, 1.165) is 18.4 Å². The Kier molecular flexibility index (Phi) is 4.52. The lowest BCUT2D eigenvalue weighted by Gasteiger charge is -2.10. The summed E-state index contributed by atoms with van der Waals surface area (Å²) in [5, 5.41) is 14.7. The lowest BCUT2D eigenvalue weighted by molar-refractivity contribution is -0.136. The molecule has 0 saturated heterocycles. The Labute approximate surface area is 112 Å². The third-order valence-electron chi connectivity index (χ3n) is 3.03. The Morgan fingerprint density at radius 1 is 1.26 bits per heavy atom. The zero-order valence-electron chi connectivity index (χ0n) is 10.7. The van der Waals surface area contributed by atoms with E-state index in [2.05, 4.69) is 10.6 Å². The summed E-state index contributed by atoms with van der Waals surface area (Å²) < 4.78 is 0. The van der Waals surface area contributed by atoms with Gasteiger partial charge in [-0.25, -0.2) is 0 Å². The Morgan fingerprint density at radius 3 is 2.68 bits per heavy atom. The van der Waals surface area contributed by atoms with E-state index < -0.39 is 5.97 Å². The molecule has 0 aromatic heterocycles. The predicted molar refractivity (Wildman–Crippen MR) is 72.1 cm³/mol. The van der Waals surface area contributed by atoms with Crippen LogP contribution < -0.4 is 10.6 Å². The molecule has 0 aliphatic heterocycles. The highest BCUT2D eigenvalue weighted by molar-refractivity contribution is 5.93. The number of carbonyl (C=O) groups is 2. The molecule has 0 unspecified atom stereocenters. The third-order valence-corrected chi connectivity index (χ3v) is 3.03. The van der Waals surface area contributed by atoms with Crippen LogP contribution in [-0.4, -0.2) is 29.6 Å². The lowest BCUT2D eigenvalue weighted by atomic mass is 10.1. The van der Waals surface area contributed by atoms with Crippen LogP contribution in [0.25, 0.3) is 0 Å². The number of amides is 1. The molecule has 1 aliphatic carbocycles. The standard InChI is InChI=1S/C14H18N2O3/c17-13(9-15-11-6-7-11)16-12-4-2-1-3-10(12)5-8-14(18)19/h1-4,11,15H,5-9H2,(H,16,17)(H,18,19). The molecule has 5 nitrogen and oxygen atoms in total. The average molecular weight is 262 g/mol. The number of hydrogen-bond acceptors (Lipinski definition) is 3. The van der Waals surface area contributed by atoms with E-state index in [1.165, 1.54) is 0 Å². The Morgan fingerprint density at radius 2 is 2.00 bits per heavy atom. The summed E-state index contributed by atoms with van der Waals surface area (Å²) in [5.74, 6) is -0.925. The number of carboxylic acid groups (broad SMARTS) is 1. The monoisotopic (exact) mass is 262 g/mol. The Bertz CT molecular complexity index is 470. The summed E-state index contributed by atoms with van der Waals surface area (Å²) in [7, 11) is 0. The van der Waals surface area contributed by atoms with Gasteiger partial charge in [-0.1, -0.05) is 18.2 Å². The second kappa shape index (κ2) is 6.33. The van der Waals surface area contributed by atoms with Gasteiger partial charge in [0.1, 0.15) is 0 Å². The van der Waals surface area contributed by atoms with Crippen molar-refractivity contribution in [3.63, 3.8) is 0 Å². The minimum absolute atomic E-state index is 0.0627. The second-order valence-corrected chi connectivity index (χ2v) is 4.75. The van der Waals surface area contributed by atoms with Crippen LogP contribution in [0.4, 0.5) is 5.69 Å². The SMILES string of the molecule is O=C(O)CCc1ccccc1NC(=O)CNC1CC1. The molecule has 0 atom stereocenters. The van der Waals surface area contributed by atoms with Gasteiger partial charge in [0.15, 0.2) is 0 Å². The molecule has 1 aliphatic rings. The molecule has 1 saturated carbocycles. The van der Waals surface area contributed by atoms with E-state index in [0.29, 0.717) is 24.7 Å². The van der Waals surface area contributed by atoms with Crippen LogP contribution >= 0.6 is 0 Å². The molecule has 1 aromatic carbocycles. The van der Waals surface area contributed by atoms with Gasteiger partial charge in [-0.05, 0) is 30.9 Å². The summed E-state index contributed by atoms with van der Waals surface area (Å²) in [5.41, 5.74) is 1.55. The highest BCUT2D eigenvalue weighted by Gasteiger charge is 2.21. The van der Waals surface area contributed by atoms with Gasteiger partial charge in [0, 0.05) is 18.2 Å². The zero-order valence-corrected chi connectivity index (χ0v) is 10.7. The molecule has 2 rings (SSSR count). The molecular weight excluding hydrogens is 244 g/mol. The fourth-order valence-electron chi connectivity index (χ4n) is 1.82. The summed E-state index contributed by atoms with van der Waals surface area (Å²) in [4.78, 5) is 22.3. The van der Waals surface area contributed by atoms with Crippen LogP contribution in [-0.2, 0) is 16.0 Å². The minimum atomic E-state index is -0.837. The first-order chi connectivity index (χ1) is 9.15. The van der Waals surface area contributed by atoms with Crippen LogP contribution in [0, 0.1) is 0 Å². The van der Waals surface area contributed by atoms with Crippen molar-refractivity contribution in [1.82, 2.24) is 5.32 Å². The number of para-hydroxylation sites is 1. The maximum atomic E-state index is 11.7. The van der Waals surface area contributed by atoms with Crippen LogP contribution in [0.5, 0.6) is 0 Å². The van der Waals surface area contributed by atoms with E-state index in [4.69, 9.17) is 5.11 Å². The molecule has 19 heavy (non-hydrogen) atoms. The van der Waals surface area contributed by atoms with Crippen LogP contribution in [0.2, 0.25) is 0 Å². The number of hydrogen-bond donors (Lipinski definition) is 3. The number of aryl methyl sites for hydroxylation is 1. The summed E-state index contributed by atoms with van der Waals surface area (Å²) in [6, 6.07) is 7.80. The number of benzene rings is 1. The molecule has 0 heterocycles. The van der Waals surface area contributed by atoms with Gasteiger partial charge < -0.3 is 15.7 Å². The fraction of sp³-hybridized carbons (Fsp3) is 0.429. The van der Waals surface area contributed by atoms with Gasteiger partial charge in [-0.2, -0.15) is 0 Å². The Hall–Kier alpha value is -1.88. The van der Waals surface area contributed by atoms with Crippen LogP contribution in [0.3, 0.4) is 0 Å². The number of rotatable bonds is 7. The van der Waals surface area contributed by atoms with Crippen molar-refractivity contribution in [1.29, 1.82) is 0 Å². The molecule has 0 bridgehead atoms. The third kappa shape index (κ3) is 4.71. The maximum absolute atomic E-state index is 11.7. The molecule has 1 aromatic rings. The van der Waals surface area contributed by atoms with Crippen molar-refractivity contribution >= 4 is 17.6 Å². The van der Waals surface area contributed by atoms with Crippen LogP contribution in [0.15, 0.2) is 24.3 Å². The van der Waals surface area contributed by atoms with E-state index in [-0.39, 0.29) is 12.3 Å². The number of carbonyl (C=O) groups excluding carboxylic acids is 1. The normalized spacial score (nSPS) is 14.1. The molecule has 1 fully saturated rings. The van der Waals surface area contributed by atoms with Gasteiger partial charge >= 0.3 is 5.97 Å². The number of nitrogens with one attached hydrogen (secondary N) is 2. The maximum Gasteiger partial charge on any atom is 0.303 e. The highest BCUT2D eigenvalue weighted by Crippen LogP contribution is 2.19. The van der Waals surface area contributed by atoms with Gasteiger partial charge in [0.25, 0.3) is 0 Å². The Balaban J connectivity index is 1.89. The summed E-state index contributed by atoms with van der Waals surface area (Å²) in [6.07, 6.45) is 2.76. The summed E-state index contributed by atoms with van der Waals surface area (Å²) in [6.45, 7) is 0.304. The average Bonchev–Trinajstić information content (AvgIpc) is 3.19. The fourth-order valence-corrected chi connectivity index (χ4v) is 1.82. The van der Waals surface area contributed by atoms with Gasteiger partial charge in [0.2, 0.25) is 5.91 Å². The van der Waals surface area contributed by atoms with E-state index in [1.54, 1.807) is 6.07 Å². The molecular formula is C14H18N2O3. The van der Waals surface area contributed by atoms with Crippen molar-refractivity contribution in [3.8, 4) is 0 Å². The van der Waals surface area contributed by atoms with Crippen LogP contribution in [0.1, 0.15) is 24.8 Å². The molecule has 1 amide bonds. The minimum Gasteiger partial charge on any atom is -0.481 e. The predicted octanol–water partition coefficient (Wildman–Crippen LogP) is 1.39. The lowest BCUT2D eigenvalue weighted by Crippen LogP contribution is -2.29. The van der Waals surface area contributed by atoms with E-state index in [1.807, 2.05) is 18.2 Å². The first kappa shape index (κ1) is 13.5. The molecule has 3 N–H and O–H groups in total. The molecule has 0 spiro atoms. The van der Waals surface area contributed by atoms with E-state index >= 15 is 0 Å². The second-order valence-electron chi connectivity index (χ2n) is 4.75. The molecule has 102 valence electrons. The molecule has 5 heteroatoms. The number of aliphatic carboxylic acids is 1. The first-order valence-corrected chi connectivity index (χ1v) is 6.48. The molecule has 0 radical (unpaired) electrons. The van der Waals surface area contributed by atoms with Gasteiger partial charge in [-0.15, -0.1) is 0 Å². The highest BCUT2D eigenvalue weighted by atomic mass is 16.4. The van der Waals surface area contributed by atoms with E-state index in [9.17, 15) is 9.59 Å². The zero-order chi connectivity index (χ0) is 13.7. The summed E-state index contributed by atoms with van der Waals surface area (Å²) >= 11 is 0. The first-order valence-electron chi connectivity index (χ1n) is 6.48. The topological polar surface area (TPSA) is 78.4 Å². The van der Waals surface area contributed by atoms with Gasteiger partial charge in [0.05, 0.1) is 6.54 Å². The smallest absolute Gasteiger partial charge is 0.303 e. The van der Waals surface area contributed by atoms with Crippen molar-refractivity contribution in [2.45, 2.75) is 31.7 Å². The largest absolute Gasteiger partial charge is 0.481 e. The van der Waals surface area contributed by atoms with Crippen molar-refractivity contribution < 1.29 is 14.7 Å². The van der Waals surface area contributed by atoms with Gasteiger partial charge in [-0.3, -0.25) is 9.59 Å². The number of carboxylic acids is 1.